The van der Waals surface area contributed by atoms with Crippen LogP contribution in [0.25, 0.3) is 0 Å². The van der Waals surface area contributed by atoms with Gasteiger partial charge in [-0.15, -0.1) is 10.2 Å². The lowest BCUT2D eigenvalue weighted by atomic mass is 10.2. The molecule has 1 aliphatic rings. The van der Waals surface area contributed by atoms with Crippen molar-refractivity contribution in [3.8, 4) is 0 Å². The van der Waals surface area contributed by atoms with Crippen LogP contribution in [0.5, 0.6) is 0 Å². The van der Waals surface area contributed by atoms with Crippen LogP contribution in [0.3, 0.4) is 0 Å². The quantitative estimate of drug-likeness (QED) is 0.628. The first-order valence-electron chi connectivity index (χ1n) is 10.1. The normalized spacial score (nSPS) is 14.8. The van der Waals surface area contributed by atoms with Gasteiger partial charge in [-0.1, -0.05) is 30.2 Å². The van der Waals surface area contributed by atoms with Gasteiger partial charge in [0.1, 0.15) is 24.0 Å². The molecule has 0 bridgehead atoms. The lowest BCUT2D eigenvalue weighted by Crippen LogP contribution is -2.36. The molecule has 0 radical (unpaired) electrons. The maximum atomic E-state index is 13.2. The zero-order valence-electron chi connectivity index (χ0n) is 16.7. The largest absolute Gasteiger partial charge is 0.364 e. The maximum Gasteiger partial charge on any atom is 0.286 e. The molecule has 10 heteroatoms. The molecule has 2 heterocycles. The Balaban J connectivity index is 1.33. The van der Waals surface area contributed by atoms with Crippen molar-refractivity contribution in [3.63, 3.8) is 0 Å². The second-order valence-electron chi connectivity index (χ2n) is 7.06. The molecule has 1 aromatic heterocycles. The van der Waals surface area contributed by atoms with Gasteiger partial charge in [0.25, 0.3) is 5.91 Å². The van der Waals surface area contributed by atoms with E-state index in [-0.39, 0.29) is 24.1 Å². The first-order valence-corrected chi connectivity index (χ1v) is 10.9. The average Bonchev–Trinajstić information content (AvgIpc) is 3.04. The zero-order chi connectivity index (χ0) is 21.2. The minimum atomic E-state index is -0.476. The van der Waals surface area contributed by atoms with Crippen LogP contribution >= 0.6 is 11.3 Å². The predicted octanol–water partition coefficient (Wildman–Crippen LogP) is 2.44. The van der Waals surface area contributed by atoms with E-state index in [0.717, 1.165) is 31.0 Å². The molecule has 2 N–H and O–H groups in total. The summed E-state index contributed by atoms with van der Waals surface area (Å²) < 4.78 is 18.6. The van der Waals surface area contributed by atoms with Crippen LogP contribution in [0, 0.1) is 5.82 Å². The van der Waals surface area contributed by atoms with Crippen LogP contribution in [0.1, 0.15) is 40.5 Å². The molecule has 1 saturated heterocycles. The minimum Gasteiger partial charge on any atom is -0.364 e. The molecule has 3 rings (SSSR count). The SMILES string of the molecule is O=C(COCc1nnc(C(=O)Nc2cccc(F)c2)s1)NCCN1CCCCCC1. The van der Waals surface area contributed by atoms with E-state index in [9.17, 15) is 14.0 Å². The lowest BCUT2D eigenvalue weighted by molar-refractivity contribution is -0.126. The Bertz CT molecular complexity index is 839. The van der Waals surface area contributed by atoms with Crippen molar-refractivity contribution in [1.82, 2.24) is 20.4 Å². The predicted molar refractivity (Wildman–Crippen MR) is 112 cm³/mol. The Morgan fingerprint density at radius 3 is 2.73 bits per heavy atom. The zero-order valence-corrected chi connectivity index (χ0v) is 17.5. The monoisotopic (exact) mass is 435 g/mol. The molecule has 0 unspecified atom stereocenters. The summed E-state index contributed by atoms with van der Waals surface area (Å²) in [7, 11) is 0. The Hall–Kier alpha value is -2.43. The second kappa shape index (κ2) is 11.7. The Labute approximate surface area is 178 Å². The number of likely N-dealkylation sites (tertiary alicyclic amines) is 1. The van der Waals surface area contributed by atoms with Crippen LogP contribution < -0.4 is 10.6 Å². The molecule has 0 aliphatic carbocycles. The van der Waals surface area contributed by atoms with E-state index in [1.807, 2.05) is 0 Å². The van der Waals surface area contributed by atoms with Crippen molar-refractivity contribution in [2.24, 2.45) is 0 Å². The van der Waals surface area contributed by atoms with E-state index in [1.165, 1.54) is 43.9 Å². The number of halogens is 1. The number of rotatable bonds is 9. The summed E-state index contributed by atoms with van der Waals surface area (Å²) in [6.45, 7) is 3.66. The average molecular weight is 436 g/mol. The topological polar surface area (TPSA) is 96.5 Å². The number of anilines is 1. The Morgan fingerprint density at radius 2 is 1.97 bits per heavy atom. The van der Waals surface area contributed by atoms with Gasteiger partial charge in [-0.3, -0.25) is 9.59 Å². The molecule has 0 spiro atoms. The highest BCUT2D eigenvalue weighted by atomic mass is 32.1. The summed E-state index contributed by atoms with van der Waals surface area (Å²) in [6.07, 6.45) is 5.02. The van der Waals surface area contributed by atoms with Crippen LogP contribution in [0.4, 0.5) is 10.1 Å². The van der Waals surface area contributed by atoms with Gasteiger partial charge in [0.2, 0.25) is 10.9 Å². The second-order valence-corrected chi connectivity index (χ2v) is 8.13. The van der Waals surface area contributed by atoms with E-state index in [2.05, 4.69) is 25.7 Å². The van der Waals surface area contributed by atoms with Crippen molar-refractivity contribution in [2.75, 3.05) is 38.1 Å². The number of carbonyl (C=O) groups excluding carboxylic acids is 2. The number of benzene rings is 1. The van der Waals surface area contributed by atoms with Crippen LogP contribution in [-0.2, 0) is 16.1 Å². The molecular formula is C20H26FN5O3S. The molecule has 0 saturated carbocycles. The summed E-state index contributed by atoms with van der Waals surface area (Å²) in [5.74, 6) is -1.10. The van der Waals surface area contributed by atoms with E-state index >= 15 is 0 Å². The molecular weight excluding hydrogens is 409 g/mol. The van der Waals surface area contributed by atoms with E-state index in [1.54, 1.807) is 6.07 Å². The fourth-order valence-electron chi connectivity index (χ4n) is 3.15. The summed E-state index contributed by atoms with van der Waals surface area (Å²) in [5.41, 5.74) is 0.338. The summed E-state index contributed by atoms with van der Waals surface area (Å²) in [4.78, 5) is 26.4. The summed E-state index contributed by atoms with van der Waals surface area (Å²) >= 11 is 1.06. The number of hydrogen-bond donors (Lipinski definition) is 2. The first kappa shape index (κ1) is 22.3. The molecule has 8 nitrogen and oxygen atoms in total. The number of aromatic nitrogens is 2. The number of nitrogens with one attached hydrogen (secondary N) is 2. The number of amides is 2. The van der Waals surface area contributed by atoms with Gasteiger partial charge in [0, 0.05) is 18.8 Å². The number of hydrogen-bond acceptors (Lipinski definition) is 7. The molecule has 1 aliphatic heterocycles. The van der Waals surface area contributed by atoms with Crippen LogP contribution in [0.2, 0.25) is 0 Å². The van der Waals surface area contributed by atoms with Crippen LogP contribution in [-0.4, -0.2) is 59.7 Å². The molecule has 2 amide bonds. The highest BCUT2D eigenvalue weighted by Crippen LogP contribution is 2.15. The Morgan fingerprint density at radius 1 is 1.17 bits per heavy atom. The number of nitrogens with zero attached hydrogens (tertiary/aromatic N) is 3. The third-order valence-electron chi connectivity index (χ3n) is 4.65. The van der Waals surface area contributed by atoms with Gasteiger partial charge in [0.05, 0.1) is 0 Å². The van der Waals surface area contributed by atoms with Gasteiger partial charge in [-0.05, 0) is 44.1 Å². The van der Waals surface area contributed by atoms with Crippen molar-refractivity contribution in [2.45, 2.75) is 32.3 Å². The molecule has 1 aromatic carbocycles. The van der Waals surface area contributed by atoms with Gasteiger partial charge in [-0.2, -0.15) is 0 Å². The fourth-order valence-corrected chi connectivity index (χ4v) is 3.82. The first-order chi connectivity index (χ1) is 14.6. The summed E-state index contributed by atoms with van der Waals surface area (Å²) in [6, 6.07) is 5.59. The molecule has 0 atom stereocenters. The van der Waals surface area contributed by atoms with E-state index in [4.69, 9.17) is 4.74 Å². The van der Waals surface area contributed by atoms with Crippen LogP contribution in [0.15, 0.2) is 24.3 Å². The molecule has 162 valence electrons. The highest BCUT2D eigenvalue weighted by molar-refractivity contribution is 7.13. The van der Waals surface area contributed by atoms with Crippen molar-refractivity contribution in [3.05, 3.63) is 40.1 Å². The van der Waals surface area contributed by atoms with Gasteiger partial charge in [0.15, 0.2) is 0 Å². The third-order valence-corrected chi connectivity index (χ3v) is 5.55. The van der Waals surface area contributed by atoms with Crippen molar-refractivity contribution < 1.29 is 18.7 Å². The van der Waals surface area contributed by atoms with Gasteiger partial charge < -0.3 is 20.3 Å². The lowest BCUT2D eigenvalue weighted by Gasteiger charge is -2.19. The minimum absolute atomic E-state index is 0.0790. The molecule has 2 aromatic rings. The maximum absolute atomic E-state index is 13.2. The standard InChI is InChI=1S/C20H26FN5O3S/c21-15-6-5-7-16(12-15)23-19(28)20-25-24-18(30-20)14-29-13-17(27)22-8-11-26-9-3-1-2-4-10-26/h5-7,12H,1-4,8-11,13-14H2,(H,22,27)(H,23,28). The van der Waals surface area contributed by atoms with Gasteiger partial charge >= 0.3 is 0 Å². The fraction of sp³-hybridized carbons (Fsp3) is 0.500. The van der Waals surface area contributed by atoms with E-state index < -0.39 is 11.7 Å². The van der Waals surface area contributed by atoms with Crippen molar-refractivity contribution in [1.29, 1.82) is 0 Å². The van der Waals surface area contributed by atoms with Gasteiger partial charge in [-0.25, -0.2) is 4.39 Å². The third kappa shape index (κ3) is 7.43. The van der Waals surface area contributed by atoms with Crippen molar-refractivity contribution >= 4 is 28.8 Å². The van der Waals surface area contributed by atoms with E-state index in [0.29, 0.717) is 17.2 Å². The number of carbonyl (C=O) groups is 2. The molecule has 1 fully saturated rings. The molecule has 30 heavy (non-hydrogen) atoms. The Kier molecular flexibility index (Phi) is 8.66. The summed E-state index contributed by atoms with van der Waals surface area (Å²) in [5, 5.41) is 13.8. The smallest absolute Gasteiger partial charge is 0.286 e. The number of ether oxygens (including phenoxy) is 1. The highest BCUT2D eigenvalue weighted by Gasteiger charge is 2.14.